The summed E-state index contributed by atoms with van der Waals surface area (Å²) in [5.41, 5.74) is 3.41. The molecule has 1 amide bonds. The molecule has 1 N–H and O–H groups in total. The van der Waals surface area contributed by atoms with Crippen molar-refractivity contribution in [2.45, 2.75) is 32.2 Å². The molecular formula is C23H27N3O2. The van der Waals surface area contributed by atoms with Gasteiger partial charge in [0.2, 0.25) is 5.91 Å². The Kier molecular flexibility index (Phi) is 6.48. The second-order valence-corrected chi connectivity index (χ2v) is 6.84. The lowest BCUT2D eigenvalue weighted by atomic mass is 10.0. The number of carbonyl (C=O) groups excluding carboxylic acids is 1. The van der Waals surface area contributed by atoms with Crippen LogP contribution in [0.25, 0.3) is 0 Å². The monoisotopic (exact) mass is 377 g/mol. The van der Waals surface area contributed by atoms with Crippen LogP contribution in [0.2, 0.25) is 0 Å². The molecule has 1 aromatic heterocycles. The van der Waals surface area contributed by atoms with Crippen molar-refractivity contribution in [2.75, 3.05) is 7.11 Å². The lowest BCUT2D eigenvalue weighted by molar-refractivity contribution is -0.121. The van der Waals surface area contributed by atoms with Crippen LogP contribution in [-0.2, 0) is 24.7 Å². The number of ether oxygens (including phenoxy) is 1. The first-order valence-corrected chi connectivity index (χ1v) is 9.59. The predicted octanol–water partition coefficient (Wildman–Crippen LogP) is 3.83. The van der Waals surface area contributed by atoms with Crippen LogP contribution in [0.1, 0.15) is 41.9 Å². The standard InChI is InChI=1S/C23H27N3O2/c1-4-17-8-10-18(11-9-17)12-13-21(27)25-22(23-24-14-15-26(23)2)19-6-5-7-20(16-19)28-3/h5-11,14-16,22H,4,12-13H2,1-3H3,(H,25,27). The van der Waals surface area contributed by atoms with Crippen molar-refractivity contribution in [2.24, 2.45) is 7.05 Å². The Labute approximate surface area is 166 Å². The molecule has 1 unspecified atom stereocenters. The summed E-state index contributed by atoms with van der Waals surface area (Å²) >= 11 is 0. The summed E-state index contributed by atoms with van der Waals surface area (Å²) in [6.07, 6.45) is 5.78. The number of hydrogen-bond acceptors (Lipinski definition) is 3. The van der Waals surface area contributed by atoms with E-state index in [4.69, 9.17) is 4.74 Å². The molecule has 146 valence electrons. The molecule has 0 aliphatic carbocycles. The summed E-state index contributed by atoms with van der Waals surface area (Å²) in [7, 11) is 3.56. The zero-order chi connectivity index (χ0) is 19.9. The predicted molar refractivity (Wildman–Crippen MR) is 110 cm³/mol. The molecule has 0 aliphatic heterocycles. The number of aromatic nitrogens is 2. The first-order valence-electron chi connectivity index (χ1n) is 9.59. The third-order valence-electron chi connectivity index (χ3n) is 4.92. The Morgan fingerprint density at radius 1 is 1.18 bits per heavy atom. The second-order valence-electron chi connectivity index (χ2n) is 6.84. The highest BCUT2D eigenvalue weighted by atomic mass is 16.5. The van der Waals surface area contributed by atoms with Crippen LogP contribution in [0.15, 0.2) is 60.9 Å². The van der Waals surface area contributed by atoms with Crippen LogP contribution >= 0.6 is 0 Å². The minimum absolute atomic E-state index is 0.00427. The van der Waals surface area contributed by atoms with Crippen LogP contribution < -0.4 is 10.1 Å². The molecule has 3 aromatic rings. The van der Waals surface area contributed by atoms with E-state index < -0.39 is 0 Å². The fourth-order valence-corrected chi connectivity index (χ4v) is 3.21. The molecule has 5 heteroatoms. The van der Waals surface area contributed by atoms with Crippen molar-refractivity contribution in [3.63, 3.8) is 0 Å². The molecule has 0 fully saturated rings. The van der Waals surface area contributed by atoms with E-state index in [0.717, 1.165) is 23.6 Å². The van der Waals surface area contributed by atoms with E-state index in [1.165, 1.54) is 11.1 Å². The Morgan fingerprint density at radius 2 is 1.93 bits per heavy atom. The van der Waals surface area contributed by atoms with Gasteiger partial charge in [-0.3, -0.25) is 4.79 Å². The van der Waals surface area contributed by atoms with Crippen LogP contribution in [0.5, 0.6) is 5.75 Å². The molecule has 0 spiro atoms. The van der Waals surface area contributed by atoms with Crippen molar-refractivity contribution in [3.8, 4) is 5.75 Å². The van der Waals surface area contributed by atoms with Gasteiger partial charge in [0.15, 0.2) is 0 Å². The zero-order valence-corrected chi connectivity index (χ0v) is 16.7. The van der Waals surface area contributed by atoms with Gasteiger partial charge in [-0.05, 0) is 41.7 Å². The highest BCUT2D eigenvalue weighted by Crippen LogP contribution is 2.24. The van der Waals surface area contributed by atoms with Crippen molar-refractivity contribution in [3.05, 3.63) is 83.4 Å². The summed E-state index contributed by atoms with van der Waals surface area (Å²) in [5.74, 6) is 1.53. The van der Waals surface area contributed by atoms with E-state index in [1.54, 1.807) is 13.3 Å². The van der Waals surface area contributed by atoms with Crippen LogP contribution in [0.3, 0.4) is 0 Å². The number of nitrogens with zero attached hydrogens (tertiary/aromatic N) is 2. The first kappa shape index (κ1) is 19.7. The second kappa shape index (κ2) is 9.22. The summed E-state index contributed by atoms with van der Waals surface area (Å²) < 4.78 is 7.27. The first-order chi connectivity index (χ1) is 13.6. The number of carbonyl (C=O) groups is 1. The highest BCUT2D eigenvalue weighted by Gasteiger charge is 2.21. The molecule has 28 heavy (non-hydrogen) atoms. The van der Waals surface area contributed by atoms with E-state index in [-0.39, 0.29) is 11.9 Å². The zero-order valence-electron chi connectivity index (χ0n) is 16.7. The molecule has 5 nitrogen and oxygen atoms in total. The van der Waals surface area contributed by atoms with Crippen molar-refractivity contribution in [1.82, 2.24) is 14.9 Å². The maximum absolute atomic E-state index is 12.7. The van der Waals surface area contributed by atoms with Gasteiger partial charge < -0.3 is 14.6 Å². The molecule has 3 rings (SSSR count). The third-order valence-corrected chi connectivity index (χ3v) is 4.92. The third kappa shape index (κ3) is 4.80. The van der Waals surface area contributed by atoms with Gasteiger partial charge in [-0.2, -0.15) is 0 Å². The summed E-state index contributed by atoms with van der Waals surface area (Å²) in [5, 5.41) is 3.14. The minimum Gasteiger partial charge on any atom is -0.497 e. The van der Waals surface area contributed by atoms with Crippen LogP contribution in [0.4, 0.5) is 0 Å². The normalized spacial score (nSPS) is 11.8. The van der Waals surface area contributed by atoms with E-state index in [9.17, 15) is 4.79 Å². The molecule has 0 bridgehead atoms. The van der Waals surface area contributed by atoms with E-state index in [2.05, 4.69) is 41.5 Å². The maximum atomic E-state index is 12.7. The Morgan fingerprint density at radius 3 is 2.57 bits per heavy atom. The van der Waals surface area contributed by atoms with Gasteiger partial charge in [0.25, 0.3) is 0 Å². The Hall–Kier alpha value is -3.08. The number of methoxy groups -OCH3 is 1. The SMILES string of the molecule is CCc1ccc(CCC(=O)NC(c2cccc(OC)c2)c2nccn2C)cc1. The van der Waals surface area contributed by atoms with Crippen molar-refractivity contribution < 1.29 is 9.53 Å². The molecule has 0 saturated carbocycles. The van der Waals surface area contributed by atoms with Gasteiger partial charge in [-0.1, -0.05) is 43.3 Å². The number of hydrogen-bond donors (Lipinski definition) is 1. The van der Waals surface area contributed by atoms with Crippen LogP contribution in [0, 0.1) is 0 Å². The molecule has 1 atom stereocenters. The van der Waals surface area contributed by atoms with E-state index in [1.807, 2.05) is 42.1 Å². The van der Waals surface area contributed by atoms with Crippen LogP contribution in [-0.4, -0.2) is 22.6 Å². The minimum atomic E-state index is -0.329. The fourth-order valence-electron chi connectivity index (χ4n) is 3.21. The number of aryl methyl sites for hydroxylation is 3. The highest BCUT2D eigenvalue weighted by molar-refractivity contribution is 5.77. The summed E-state index contributed by atoms with van der Waals surface area (Å²) in [4.78, 5) is 17.2. The number of imidazole rings is 1. The van der Waals surface area contributed by atoms with Gasteiger partial charge in [0, 0.05) is 25.9 Å². The van der Waals surface area contributed by atoms with Gasteiger partial charge in [0.05, 0.1) is 7.11 Å². The van der Waals surface area contributed by atoms with Gasteiger partial charge in [-0.25, -0.2) is 4.98 Å². The quantitative estimate of drug-likeness (QED) is 0.649. The topological polar surface area (TPSA) is 56.1 Å². The number of amides is 1. The summed E-state index contributed by atoms with van der Waals surface area (Å²) in [6, 6.07) is 15.8. The number of nitrogens with one attached hydrogen (secondary N) is 1. The van der Waals surface area contributed by atoms with Crippen molar-refractivity contribution in [1.29, 1.82) is 0 Å². The fraction of sp³-hybridized carbons (Fsp3) is 0.304. The molecule has 1 heterocycles. The summed E-state index contributed by atoms with van der Waals surface area (Å²) in [6.45, 7) is 2.14. The van der Waals surface area contributed by atoms with E-state index >= 15 is 0 Å². The molecule has 0 saturated heterocycles. The number of rotatable bonds is 8. The molecule has 0 aliphatic rings. The maximum Gasteiger partial charge on any atom is 0.221 e. The van der Waals surface area contributed by atoms with Gasteiger partial charge >= 0.3 is 0 Å². The average molecular weight is 377 g/mol. The smallest absolute Gasteiger partial charge is 0.221 e. The largest absolute Gasteiger partial charge is 0.497 e. The van der Waals surface area contributed by atoms with Gasteiger partial charge in [-0.15, -0.1) is 0 Å². The number of benzene rings is 2. The van der Waals surface area contributed by atoms with Crippen molar-refractivity contribution >= 4 is 5.91 Å². The molecule has 2 aromatic carbocycles. The molecule has 0 radical (unpaired) electrons. The molecular weight excluding hydrogens is 350 g/mol. The average Bonchev–Trinajstić information content (AvgIpc) is 3.16. The Balaban J connectivity index is 1.73. The van der Waals surface area contributed by atoms with E-state index in [0.29, 0.717) is 12.8 Å². The van der Waals surface area contributed by atoms with Gasteiger partial charge in [0.1, 0.15) is 17.6 Å². The Bertz CT molecular complexity index is 916. The lowest BCUT2D eigenvalue weighted by Gasteiger charge is -2.20. The lowest BCUT2D eigenvalue weighted by Crippen LogP contribution is -2.31.